The van der Waals surface area contributed by atoms with E-state index in [0.717, 1.165) is 27.8 Å². The average Bonchev–Trinajstić information content (AvgIpc) is 2.38. The third-order valence-electron chi connectivity index (χ3n) is 3.40. The molecular formula is C18H19ClO2. The highest BCUT2D eigenvalue weighted by Gasteiger charge is 2.14. The molecule has 0 radical (unpaired) electrons. The van der Waals surface area contributed by atoms with Gasteiger partial charge in [-0.1, -0.05) is 35.4 Å². The molecule has 0 amide bonds. The Hall–Kier alpha value is -1.80. The van der Waals surface area contributed by atoms with E-state index in [4.69, 9.17) is 16.3 Å². The Kier molecular flexibility index (Phi) is 4.69. The van der Waals surface area contributed by atoms with Gasteiger partial charge in [0.25, 0.3) is 0 Å². The van der Waals surface area contributed by atoms with Gasteiger partial charge in [0.05, 0.1) is 5.02 Å². The van der Waals surface area contributed by atoms with Crippen LogP contribution in [0.3, 0.4) is 0 Å². The van der Waals surface area contributed by atoms with E-state index in [2.05, 4.69) is 0 Å². The lowest BCUT2D eigenvalue weighted by Gasteiger charge is -2.12. The van der Waals surface area contributed by atoms with Crippen molar-refractivity contribution in [3.05, 3.63) is 63.2 Å². The lowest BCUT2D eigenvalue weighted by Crippen LogP contribution is -2.15. The maximum absolute atomic E-state index is 12.4. The number of carbonyl (C=O) groups is 1. The zero-order valence-corrected chi connectivity index (χ0v) is 13.5. The quantitative estimate of drug-likeness (QED) is 0.756. The highest BCUT2D eigenvalue weighted by molar-refractivity contribution is 6.32. The van der Waals surface area contributed by atoms with E-state index in [-0.39, 0.29) is 12.4 Å². The summed E-state index contributed by atoms with van der Waals surface area (Å²) in [6.07, 6.45) is 0. The molecule has 0 aromatic heterocycles. The van der Waals surface area contributed by atoms with Crippen LogP contribution in [0.4, 0.5) is 0 Å². The summed E-state index contributed by atoms with van der Waals surface area (Å²) in [5, 5.41) is 0.519. The van der Waals surface area contributed by atoms with Crippen molar-refractivity contribution in [3.8, 4) is 5.75 Å². The Morgan fingerprint density at radius 1 is 1.00 bits per heavy atom. The first kappa shape index (κ1) is 15.6. The van der Waals surface area contributed by atoms with E-state index in [1.54, 1.807) is 6.07 Å². The number of carbonyl (C=O) groups excluding carboxylic acids is 1. The summed E-state index contributed by atoms with van der Waals surface area (Å²) in [4.78, 5) is 12.4. The maximum atomic E-state index is 12.4. The summed E-state index contributed by atoms with van der Waals surface area (Å²) < 4.78 is 5.59. The second-order valence-electron chi connectivity index (χ2n) is 5.42. The van der Waals surface area contributed by atoms with Crippen LogP contribution in [-0.4, -0.2) is 12.4 Å². The molecular weight excluding hydrogens is 284 g/mol. The average molecular weight is 303 g/mol. The molecule has 2 aromatic carbocycles. The maximum Gasteiger partial charge on any atom is 0.200 e. The summed E-state index contributed by atoms with van der Waals surface area (Å²) in [7, 11) is 0. The standard InChI is InChI=1S/C18H19ClO2/c1-11-5-6-15(19)17(9-11)21-10-16(20)18-13(3)7-12(2)8-14(18)4/h5-9H,10H2,1-4H3. The van der Waals surface area contributed by atoms with E-state index < -0.39 is 0 Å². The molecule has 21 heavy (non-hydrogen) atoms. The van der Waals surface area contributed by atoms with Crippen molar-refractivity contribution in [1.82, 2.24) is 0 Å². The number of hydrogen-bond donors (Lipinski definition) is 0. The fourth-order valence-corrected chi connectivity index (χ4v) is 2.73. The SMILES string of the molecule is Cc1cc(C)c(C(=O)COc2cc(C)ccc2Cl)c(C)c1. The van der Waals surface area contributed by atoms with Crippen molar-refractivity contribution in [1.29, 1.82) is 0 Å². The number of ether oxygens (including phenoxy) is 1. The molecule has 0 fully saturated rings. The van der Waals surface area contributed by atoms with Crippen LogP contribution in [0.15, 0.2) is 30.3 Å². The van der Waals surface area contributed by atoms with E-state index in [1.165, 1.54) is 0 Å². The zero-order valence-electron chi connectivity index (χ0n) is 12.8. The molecule has 0 saturated heterocycles. The molecule has 0 saturated carbocycles. The molecule has 3 heteroatoms. The minimum Gasteiger partial charge on any atom is -0.484 e. The van der Waals surface area contributed by atoms with Gasteiger partial charge < -0.3 is 4.74 Å². The molecule has 0 aliphatic carbocycles. The number of hydrogen-bond acceptors (Lipinski definition) is 2. The lowest BCUT2D eigenvalue weighted by atomic mass is 9.97. The van der Waals surface area contributed by atoms with Crippen LogP contribution in [0.1, 0.15) is 32.6 Å². The predicted molar refractivity (Wildman–Crippen MR) is 86.7 cm³/mol. The molecule has 2 nitrogen and oxygen atoms in total. The Labute approximate surface area is 130 Å². The minimum absolute atomic E-state index is 0.00604. The van der Waals surface area contributed by atoms with Gasteiger partial charge in [0, 0.05) is 5.56 Å². The molecule has 0 bridgehead atoms. The highest BCUT2D eigenvalue weighted by Crippen LogP contribution is 2.26. The van der Waals surface area contributed by atoms with Gasteiger partial charge in [0.15, 0.2) is 6.61 Å². The van der Waals surface area contributed by atoms with E-state index in [1.807, 2.05) is 52.0 Å². The number of ketones is 1. The highest BCUT2D eigenvalue weighted by atomic mass is 35.5. The van der Waals surface area contributed by atoms with Gasteiger partial charge in [-0.15, -0.1) is 0 Å². The van der Waals surface area contributed by atoms with Crippen molar-refractivity contribution in [3.63, 3.8) is 0 Å². The molecule has 0 spiro atoms. The number of aryl methyl sites for hydroxylation is 4. The molecule has 2 aromatic rings. The molecule has 0 aliphatic rings. The van der Waals surface area contributed by atoms with E-state index in [0.29, 0.717) is 10.8 Å². The normalized spacial score (nSPS) is 10.5. The Morgan fingerprint density at radius 2 is 1.62 bits per heavy atom. The van der Waals surface area contributed by atoms with Gasteiger partial charge in [0.1, 0.15) is 5.75 Å². The van der Waals surface area contributed by atoms with Crippen LogP contribution in [0, 0.1) is 27.7 Å². The smallest absolute Gasteiger partial charge is 0.200 e. The monoisotopic (exact) mass is 302 g/mol. The van der Waals surface area contributed by atoms with Crippen molar-refractivity contribution in [2.24, 2.45) is 0 Å². The van der Waals surface area contributed by atoms with Gasteiger partial charge in [-0.25, -0.2) is 0 Å². The number of halogens is 1. The number of benzene rings is 2. The Bertz CT molecular complexity index is 667. The van der Waals surface area contributed by atoms with Crippen molar-refractivity contribution in [2.75, 3.05) is 6.61 Å². The van der Waals surface area contributed by atoms with E-state index >= 15 is 0 Å². The Morgan fingerprint density at radius 3 is 2.24 bits per heavy atom. The summed E-state index contributed by atoms with van der Waals surface area (Å²) in [6, 6.07) is 9.55. The second-order valence-corrected chi connectivity index (χ2v) is 5.83. The molecule has 110 valence electrons. The first-order valence-corrected chi connectivity index (χ1v) is 7.26. The first-order chi connectivity index (χ1) is 9.88. The van der Waals surface area contributed by atoms with Gasteiger partial charge in [-0.2, -0.15) is 0 Å². The zero-order chi connectivity index (χ0) is 15.6. The molecule has 0 atom stereocenters. The van der Waals surface area contributed by atoms with Crippen LogP contribution in [0.2, 0.25) is 5.02 Å². The Balaban J connectivity index is 2.18. The summed E-state index contributed by atoms with van der Waals surface area (Å²) in [5.41, 5.74) is 4.91. The van der Waals surface area contributed by atoms with Crippen LogP contribution >= 0.6 is 11.6 Å². The van der Waals surface area contributed by atoms with Crippen molar-refractivity contribution >= 4 is 17.4 Å². The third-order valence-corrected chi connectivity index (χ3v) is 3.71. The third kappa shape index (κ3) is 3.64. The first-order valence-electron chi connectivity index (χ1n) is 6.88. The summed E-state index contributed by atoms with van der Waals surface area (Å²) in [5.74, 6) is 0.523. The summed E-state index contributed by atoms with van der Waals surface area (Å²) >= 11 is 6.07. The van der Waals surface area contributed by atoms with E-state index in [9.17, 15) is 4.79 Å². The number of Topliss-reactive ketones (excluding diaryl/α,β-unsaturated/α-hetero) is 1. The molecule has 0 aliphatic heterocycles. The van der Waals surface area contributed by atoms with Gasteiger partial charge in [-0.3, -0.25) is 4.79 Å². The largest absolute Gasteiger partial charge is 0.484 e. The fraction of sp³-hybridized carbons (Fsp3) is 0.278. The molecule has 0 unspecified atom stereocenters. The van der Waals surface area contributed by atoms with Crippen molar-refractivity contribution < 1.29 is 9.53 Å². The van der Waals surface area contributed by atoms with Crippen LogP contribution in [0.25, 0.3) is 0 Å². The van der Waals surface area contributed by atoms with Crippen LogP contribution in [-0.2, 0) is 0 Å². The van der Waals surface area contributed by atoms with Crippen LogP contribution in [0.5, 0.6) is 5.75 Å². The predicted octanol–water partition coefficient (Wildman–Crippen LogP) is 4.84. The summed E-state index contributed by atoms with van der Waals surface area (Å²) in [6.45, 7) is 7.88. The van der Waals surface area contributed by atoms with Gasteiger partial charge in [0.2, 0.25) is 5.78 Å². The van der Waals surface area contributed by atoms with Crippen LogP contribution < -0.4 is 4.74 Å². The van der Waals surface area contributed by atoms with Crippen molar-refractivity contribution in [2.45, 2.75) is 27.7 Å². The lowest BCUT2D eigenvalue weighted by molar-refractivity contribution is 0.0920. The molecule has 2 rings (SSSR count). The fourth-order valence-electron chi connectivity index (χ4n) is 2.56. The van der Waals surface area contributed by atoms with Gasteiger partial charge in [-0.05, 0) is 56.5 Å². The topological polar surface area (TPSA) is 26.3 Å². The molecule has 0 heterocycles. The number of rotatable bonds is 4. The van der Waals surface area contributed by atoms with Gasteiger partial charge >= 0.3 is 0 Å². The minimum atomic E-state index is -0.0254. The molecule has 0 N–H and O–H groups in total. The second kappa shape index (κ2) is 6.31.